The molecule has 0 aromatic carbocycles. The van der Waals surface area contributed by atoms with Gasteiger partial charge in [-0.25, -0.2) is 0 Å². The molecule has 1 heterocycles. The van der Waals surface area contributed by atoms with Gasteiger partial charge in [0.15, 0.2) is 0 Å². The molecule has 2 aliphatic rings. The molecular formula is C19H37NO. The van der Waals surface area contributed by atoms with Gasteiger partial charge in [0.25, 0.3) is 0 Å². The van der Waals surface area contributed by atoms with Crippen molar-refractivity contribution in [2.75, 3.05) is 13.2 Å². The Labute approximate surface area is 132 Å². The molecule has 1 aliphatic carbocycles. The fourth-order valence-electron chi connectivity index (χ4n) is 4.57. The predicted molar refractivity (Wildman–Crippen MR) is 90.6 cm³/mol. The fraction of sp³-hybridized carbons (Fsp3) is 1.00. The third-order valence-electron chi connectivity index (χ3n) is 5.76. The molecule has 0 aromatic rings. The zero-order valence-electron chi connectivity index (χ0n) is 14.6. The van der Waals surface area contributed by atoms with Crippen molar-refractivity contribution >= 4 is 0 Å². The van der Waals surface area contributed by atoms with E-state index in [1.165, 1.54) is 70.8 Å². The van der Waals surface area contributed by atoms with Crippen LogP contribution in [0.1, 0.15) is 85.0 Å². The maximum absolute atomic E-state index is 6.16. The molecule has 2 unspecified atom stereocenters. The minimum atomic E-state index is 0.290. The Morgan fingerprint density at radius 1 is 1.10 bits per heavy atom. The first-order valence-electron chi connectivity index (χ1n) is 9.62. The molecular weight excluding hydrogens is 258 g/mol. The van der Waals surface area contributed by atoms with E-state index in [0.717, 1.165) is 24.5 Å². The molecule has 2 heteroatoms. The number of rotatable bonds is 9. The second kappa shape index (κ2) is 8.53. The second-order valence-electron chi connectivity index (χ2n) is 7.46. The fourth-order valence-corrected chi connectivity index (χ4v) is 4.57. The SMILES string of the molecule is CCCNC(C(CCC)CCC)C1CCOC2(CCC2)C1. The Morgan fingerprint density at radius 2 is 1.81 bits per heavy atom. The van der Waals surface area contributed by atoms with Crippen LogP contribution < -0.4 is 5.32 Å². The first-order valence-corrected chi connectivity index (χ1v) is 9.62. The van der Waals surface area contributed by atoms with E-state index in [-0.39, 0.29) is 5.60 Å². The quantitative estimate of drug-likeness (QED) is 0.652. The third-order valence-corrected chi connectivity index (χ3v) is 5.76. The minimum Gasteiger partial charge on any atom is -0.375 e. The van der Waals surface area contributed by atoms with Crippen molar-refractivity contribution in [1.29, 1.82) is 0 Å². The molecule has 0 radical (unpaired) electrons. The molecule has 2 fully saturated rings. The third kappa shape index (κ3) is 4.45. The number of hydrogen-bond acceptors (Lipinski definition) is 2. The average Bonchev–Trinajstić information content (AvgIpc) is 2.47. The molecule has 1 spiro atoms. The van der Waals surface area contributed by atoms with Crippen molar-refractivity contribution in [3.63, 3.8) is 0 Å². The summed E-state index contributed by atoms with van der Waals surface area (Å²) in [7, 11) is 0. The molecule has 1 N–H and O–H groups in total. The standard InChI is InChI=1S/C19H37NO/c1-4-8-16(9-5-2)18(20-13-6-3)17-10-14-21-19(15-17)11-7-12-19/h16-18,20H,4-15H2,1-3H3. The van der Waals surface area contributed by atoms with Gasteiger partial charge in [0.1, 0.15) is 0 Å². The first kappa shape index (κ1) is 17.3. The van der Waals surface area contributed by atoms with E-state index >= 15 is 0 Å². The van der Waals surface area contributed by atoms with Gasteiger partial charge in [-0.2, -0.15) is 0 Å². The van der Waals surface area contributed by atoms with E-state index in [2.05, 4.69) is 26.1 Å². The molecule has 2 nitrogen and oxygen atoms in total. The van der Waals surface area contributed by atoms with Crippen molar-refractivity contribution in [3.8, 4) is 0 Å². The molecule has 124 valence electrons. The van der Waals surface area contributed by atoms with Crippen LogP contribution in [0.25, 0.3) is 0 Å². The summed E-state index contributed by atoms with van der Waals surface area (Å²) in [4.78, 5) is 0. The van der Waals surface area contributed by atoms with Gasteiger partial charge in [0, 0.05) is 12.6 Å². The molecule has 0 amide bonds. The highest BCUT2D eigenvalue weighted by Crippen LogP contribution is 2.46. The molecule has 1 saturated heterocycles. The number of nitrogens with one attached hydrogen (secondary N) is 1. The smallest absolute Gasteiger partial charge is 0.0685 e. The highest BCUT2D eigenvalue weighted by molar-refractivity contribution is 4.97. The predicted octanol–water partition coefficient (Wildman–Crippen LogP) is 4.92. The van der Waals surface area contributed by atoms with Gasteiger partial charge in [0.2, 0.25) is 0 Å². The molecule has 21 heavy (non-hydrogen) atoms. The van der Waals surface area contributed by atoms with Crippen LogP contribution in [0.2, 0.25) is 0 Å². The van der Waals surface area contributed by atoms with Crippen molar-refractivity contribution < 1.29 is 4.74 Å². The lowest BCUT2D eigenvalue weighted by Gasteiger charge is -2.50. The van der Waals surface area contributed by atoms with Crippen LogP contribution in [0.3, 0.4) is 0 Å². The summed E-state index contributed by atoms with van der Waals surface area (Å²) >= 11 is 0. The van der Waals surface area contributed by atoms with Gasteiger partial charge >= 0.3 is 0 Å². The second-order valence-corrected chi connectivity index (χ2v) is 7.46. The van der Waals surface area contributed by atoms with Crippen molar-refractivity contribution in [2.24, 2.45) is 11.8 Å². The summed E-state index contributed by atoms with van der Waals surface area (Å²) < 4.78 is 6.16. The van der Waals surface area contributed by atoms with Crippen molar-refractivity contribution in [2.45, 2.75) is 96.6 Å². The molecule has 0 aromatic heterocycles. The van der Waals surface area contributed by atoms with Gasteiger partial charge in [-0.3, -0.25) is 0 Å². The topological polar surface area (TPSA) is 21.3 Å². The average molecular weight is 296 g/mol. The van der Waals surface area contributed by atoms with Crippen LogP contribution in [-0.4, -0.2) is 24.8 Å². The van der Waals surface area contributed by atoms with Gasteiger partial charge in [-0.15, -0.1) is 0 Å². The van der Waals surface area contributed by atoms with Crippen LogP contribution in [0.15, 0.2) is 0 Å². The Bertz CT molecular complexity index is 281. The maximum atomic E-state index is 6.16. The zero-order valence-corrected chi connectivity index (χ0v) is 14.6. The lowest BCUT2D eigenvalue weighted by Crippen LogP contribution is -2.52. The maximum Gasteiger partial charge on any atom is 0.0685 e. The summed E-state index contributed by atoms with van der Waals surface area (Å²) in [6.07, 6.45) is 13.3. The normalized spacial score (nSPS) is 26.0. The molecule has 0 bridgehead atoms. The van der Waals surface area contributed by atoms with E-state index in [1.54, 1.807) is 0 Å². The monoisotopic (exact) mass is 295 g/mol. The highest BCUT2D eigenvalue weighted by Gasteiger charge is 2.45. The van der Waals surface area contributed by atoms with Gasteiger partial charge in [0.05, 0.1) is 5.60 Å². The molecule has 2 atom stereocenters. The Kier molecular flexibility index (Phi) is 7.01. The summed E-state index contributed by atoms with van der Waals surface area (Å²) in [5, 5.41) is 3.94. The van der Waals surface area contributed by atoms with Gasteiger partial charge < -0.3 is 10.1 Å². The Balaban J connectivity index is 2.01. The van der Waals surface area contributed by atoms with Crippen LogP contribution in [0.4, 0.5) is 0 Å². The molecule has 1 aliphatic heterocycles. The van der Waals surface area contributed by atoms with E-state index in [9.17, 15) is 0 Å². The summed E-state index contributed by atoms with van der Waals surface area (Å²) in [6, 6.07) is 0.728. The Morgan fingerprint density at radius 3 is 2.33 bits per heavy atom. The van der Waals surface area contributed by atoms with Crippen LogP contribution >= 0.6 is 0 Å². The van der Waals surface area contributed by atoms with Crippen molar-refractivity contribution in [3.05, 3.63) is 0 Å². The summed E-state index contributed by atoms with van der Waals surface area (Å²) in [5.74, 6) is 1.71. The number of hydrogen-bond donors (Lipinski definition) is 1. The lowest BCUT2D eigenvalue weighted by atomic mass is 9.68. The largest absolute Gasteiger partial charge is 0.375 e. The summed E-state index contributed by atoms with van der Waals surface area (Å²) in [5.41, 5.74) is 0.290. The first-order chi connectivity index (χ1) is 10.2. The molecule has 1 saturated carbocycles. The van der Waals surface area contributed by atoms with Crippen LogP contribution in [0, 0.1) is 11.8 Å². The minimum absolute atomic E-state index is 0.290. The Hall–Kier alpha value is -0.0800. The molecule has 2 rings (SSSR count). The summed E-state index contributed by atoms with van der Waals surface area (Å²) in [6.45, 7) is 9.16. The van der Waals surface area contributed by atoms with Crippen LogP contribution in [-0.2, 0) is 4.74 Å². The number of ether oxygens (including phenoxy) is 1. The highest BCUT2D eigenvalue weighted by atomic mass is 16.5. The van der Waals surface area contributed by atoms with E-state index in [1.807, 2.05) is 0 Å². The van der Waals surface area contributed by atoms with Crippen LogP contribution in [0.5, 0.6) is 0 Å². The van der Waals surface area contributed by atoms with E-state index in [0.29, 0.717) is 0 Å². The lowest BCUT2D eigenvalue weighted by molar-refractivity contribution is -0.149. The van der Waals surface area contributed by atoms with Crippen molar-refractivity contribution in [1.82, 2.24) is 5.32 Å². The van der Waals surface area contributed by atoms with E-state index < -0.39 is 0 Å². The van der Waals surface area contributed by atoms with Gasteiger partial charge in [-0.05, 0) is 69.7 Å². The van der Waals surface area contributed by atoms with E-state index in [4.69, 9.17) is 4.74 Å². The van der Waals surface area contributed by atoms with Gasteiger partial charge in [-0.1, -0.05) is 33.6 Å². The zero-order chi connectivity index (χ0) is 15.1.